The van der Waals surface area contributed by atoms with Gasteiger partial charge in [0, 0.05) is 32.1 Å². The van der Waals surface area contributed by atoms with Crippen LogP contribution in [0.2, 0.25) is 0 Å². The summed E-state index contributed by atoms with van der Waals surface area (Å²) in [5.74, 6) is 0.127. The summed E-state index contributed by atoms with van der Waals surface area (Å²) in [6.07, 6.45) is 8.81. The molecule has 1 aliphatic carbocycles. The molecule has 2 unspecified atom stereocenters. The van der Waals surface area contributed by atoms with Gasteiger partial charge >= 0.3 is 0 Å². The van der Waals surface area contributed by atoms with E-state index in [0.29, 0.717) is 32.6 Å². The van der Waals surface area contributed by atoms with E-state index < -0.39 is 15.8 Å². The van der Waals surface area contributed by atoms with E-state index in [1.54, 1.807) is 8.61 Å². The average molecular weight is 316 g/mol. The highest BCUT2D eigenvalue weighted by Gasteiger charge is 2.46. The third-order valence-electron chi connectivity index (χ3n) is 5.61. The third-order valence-corrected chi connectivity index (χ3v) is 7.61. The van der Waals surface area contributed by atoms with Crippen LogP contribution in [0.1, 0.15) is 57.8 Å². The number of aliphatic hydroxyl groups is 1. The van der Waals surface area contributed by atoms with E-state index in [1.165, 1.54) is 0 Å². The number of hydrogen-bond acceptors (Lipinski definition) is 3. The molecular weight excluding hydrogens is 288 g/mol. The molecule has 1 saturated carbocycles. The van der Waals surface area contributed by atoms with Gasteiger partial charge in [-0.15, -0.1) is 0 Å². The van der Waals surface area contributed by atoms with Gasteiger partial charge in [0.15, 0.2) is 0 Å². The predicted molar refractivity (Wildman–Crippen MR) is 82.1 cm³/mol. The fourth-order valence-corrected chi connectivity index (χ4v) is 5.92. The number of hydrogen-bond donors (Lipinski definition) is 1. The molecule has 0 bridgehead atoms. The van der Waals surface area contributed by atoms with Crippen molar-refractivity contribution in [1.29, 1.82) is 0 Å². The van der Waals surface area contributed by atoms with Gasteiger partial charge in [0.1, 0.15) is 0 Å². The summed E-state index contributed by atoms with van der Waals surface area (Å²) < 4.78 is 29.0. The lowest BCUT2D eigenvalue weighted by Gasteiger charge is -2.47. The first-order valence-corrected chi connectivity index (χ1v) is 9.90. The predicted octanol–water partition coefficient (Wildman–Crippen LogP) is 1.73. The molecule has 0 aromatic carbocycles. The molecule has 0 aromatic rings. The van der Waals surface area contributed by atoms with Gasteiger partial charge in [-0.2, -0.15) is 17.0 Å². The van der Waals surface area contributed by atoms with Crippen LogP contribution in [0.3, 0.4) is 0 Å². The van der Waals surface area contributed by atoms with Crippen LogP contribution >= 0.6 is 0 Å². The van der Waals surface area contributed by atoms with Crippen LogP contribution in [0.4, 0.5) is 0 Å². The van der Waals surface area contributed by atoms with Gasteiger partial charge in [-0.25, -0.2) is 0 Å². The van der Waals surface area contributed by atoms with Crippen LogP contribution in [0.5, 0.6) is 0 Å². The Morgan fingerprint density at radius 1 is 0.857 bits per heavy atom. The van der Waals surface area contributed by atoms with Crippen LogP contribution in [0.15, 0.2) is 0 Å². The highest BCUT2D eigenvalue weighted by molar-refractivity contribution is 7.86. The van der Waals surface area contributed by atoms with Crippen molar-refractivity contribution in [2.24, 2.45) is 5.92 Å². The largest absolute Gasteiger partial charge is 0.390 e. The van der Waals surface area contributed by atoms with Crippen molar-refractivity contribution < 1.29 is 13.5 Å². The van der Waals surface area contributed by atoms with E-state index in [2.05, 4.69) is 0 Å². The fraction of sp³-hybridized carbons (Fsp3) is 1.00. The van der Waals surface area contributed by atoms with Crippen molar-refractivity contribution in [3.8, 4) is 0 Å². The molecule has 3 rings (SSSR count). The highest BCUT2D eigenvalue weighted by atomic mass is 32.2. The Hall–Kier alpha value is -0.170. The fourth-order valence-electron chi connectivity index (χ4n) is 4.19. The second-order valence-corrected chi connectivity index (χ2v) is 8.90. The Morgan fingerprint density at radius 3 is 2.29 bits per heavy atom. The summed E-state index contributed by atoms with van der Waals surface area (Å²) in [5, 5.41) is 10.7. The lowest BCUT2D eigenvalue weighted by atomic mass is 9.72. The minimum Gasteiger partial charge on any atom is -0.390 e. The molecule has 3 fully saturated rings. The molecule has 21 heavy (non-hydrogen) atoms. The Bertz CT molecular complexity index is 460. The number of nitrogens with zero attached hydrogens (tertiary/aromatic N) is 2. The SMILES string of the molecule is O=S(=O)(N1CCCCCC1)N1CCC2(O)CCCCC2C1. The molecule has 2 atom stereocenters. The molecule has 2 heterocycles. The Labute approximate surface area is 128 Å². The zero-order valence-electron chi connectivity index (χ0n) is 12.8. The molecule has 0 spiro atoms. The monoisotopic (exact) mass is 316 g/mol. The second-order valence-electron chi connectivity index (χ2n) is 6.98. The summed E-state index contributed by atoms with van der Waals surface area (Å²) in [7, 11) is -3.33. The normalized spacial score (nSPS) is 36.9. The first-order valence-electron chi connectivity index (χ1n) is 8.50. The van der Waals surface area contributed by atoms with Crippen LogP contribution in [-0.4, -0.2) is 53.9 Å². The quantitative estimate of drug-likeness (QED) is 0.844. The van der Waals surface area contributed by atoms with Crippen molar-refractivity contribution in [1.82, 2.24) is 8.61 Å². The molecule has 6 heteroatoms. The number of fused-ring (bicyclic) bond motifs is 1. The van der Waals surface area contributed by atoms with Gasteiger partial charge in [0.2, 0.25) is 0 Å². The van der Waals surface area contributed by atoms with Gasteiger partial charge in [0.05, 0.1) is 5.60 Å². The number of piperidine rings is 1. The Morgan fingerprint density at radius 2 is 1.57 bits per heavy atom. The van der Waals surface area contributed by atoms with Crippen molar-refractivity contribution in [2.45, 2.75) is 63.4 Å². The average Bonchev–Trinajstić information content (AvgIpc) is 2.75. The van der Waals surface area contributed by atoms with Crippen LogP contribution in [0, 0.1) is 5.92 Å². The zero-order chi connectivity index (χ0) is 14.9. The Balaban J connectivity index is 1.71. The molecular formula is C15H28N2O3S. The summed E-state index contributed by atoms with van der Waals surface area (Å²) in [5.41, 5.74) is -0.608. The smallest absolute Gasteiger partial charge is 0.281 e. The number of rotatable bonds is 2. The first kappa shape index (κ1) is 15.7. The molecule has 5 nitrogen and oxygen atoms in total. The maximum Gasteiger partial charge on any atom is 0.281 e. The van der Waals surface area contributed by atoms with Gasteiger partial charge in [-0.1, -0.05) is 25.7 Å². The molecule has 122 valence electrons. The van der Waals surface area contributed by atoms with Crippen molar-refractivity contribution >= 4 is 10.2 Å². The molecule has 2 aliphatic heterocycles. The summed E-state index contributed by atoms with van der Waals surface area (Å²) >= 11 is 0. The molecule has 0 amide bonds. The van der Waals surface area contributed by atoms with Crippen LogP contribution < -0.4 is 0 Å². The van der Waals surface area contributed by atoms with E-state index in [9.17, 15) is 13.5 Å². The molecule has 1 N–H and O–H groups in total. The maximum atomic E-state index is 12.8. The van der Waals surface area contributed by atoms with Gasteiger partial charge in [-0.3, -0.25) is 0 Å². The van der Waals surface area contributed by atoms with E-state index in [-0.39, 0.29) is 5.92 Å². The minimum atomic E-state index is -3.33. The van der Waals surface area contributed by atoms with Crippen LogP contribution in [0.25, 0.3) is 0 Å². The summed E-state index contributed by atoms with van der Waals surface area (Å²) in [6.45, 7) is 2.31. The summed E-state index contributed by atoms with van der Waals surface area (Å²) in [6, 6.07) is 0. The van der Waals surface area contributed by atoms with Gasteiger partial charge in [-0.05, 0) is 32.1 Å². The third kappa shape index (κ3) is 3.14. The molecule has 0 radical (unpaired) electrons. The van der Waals surface area contributed by atoms with Gasteiger partial charge in [0.25, 0.3) is 10.2 Å². The zero-order valence-corrected chi connectivity index (χ0v) is 13.7. The van der Waals surface area contributed by atoms with Crippen molar-refractivity contribution in [2.75, 3.05) is 26.2 Å². The minimum absolute atomic E-state index is 0.127. The van der Waals surface area contributed by atoms with Gasteiger partial charge < -0.3 is 5.11 Å². The van der Waals surface area contributed by atoms with Crippen molar-refractivity contribution in [3.05, 3.63) is 0 Å². The first-order chi connectivity index (χ1) is 10.0. The van der Waals surface area contributed by atoms with Crippen LogP contribution in [-0.2, 0) is 10.2 Å². The van der Waals surface area contributed by atoms with E-state index in [0.717, 1.165) is 51.4 Å². The molecule has 3 aliphatic rings. The summed E-state index contributed by atoms with van der Waals surface area (Å²) in [4.78, 5) is 0. The molecule has 0 aromatic heterocycles. The second kappa shape index (κ2) is 6.14. The lowest BCUT2D eigenvalue weighted by molar-refractivity contribution is -0.0823. The standard InChI is InChI=1S/C15H28N2O3S/c18-15-8-4-3-7-14(15)13-17(12-9-15)21(19,20)16-10-5-1-2-6-11-16/h14,18H,1-13H2. The van der Waals surface area contributed by atoms with E-state index in [1.807, 2.05) is 0 Å². The lowest BCUT2D eigenvalue weighted by Crippen LogP contribution is -2.57. The Kier molecular flexibility index (Phi) is 4.60. The van der Waals surface area contributed by atoms with E-state index in [4.69, 9.17) is 0 Å². The van der Waals surface area contributed by atoms with Crippen molar-refractivity contribution in [3.63, 3.8) is 0 Å². The topological polar surface area (TPSA) is 60.9 Å². The maximum absolute atomic E-state index is 12.8. The molecule has 2 saturated heterocycles. The van der Waals surface area contributed by atoms with E-state index >= 15 is 0 Å². The highest BCUT2D eigenvalue weighted by Crippen LogP contribution is 2.40.